The molecule has 3 rings (SSSR count). The lowest BCUT2D eigenvalue weighted by Crippen LogP contribution is -2.45. The van der Waals surface area contributed by atoms with Crippen molar-refractivity contribution < 1.29 is 14.7 Å². The van der Waals surface area contributed by atoms with Crippen LogP contribution in [-0.4, -0.2) is 38.5 Å². The fourth-order valence-electron chi connectivity index (χ4n) is 2.86. The van der Waals surface area contributed by atoms with Gasteiger partial charge < -0.3 is 14.6 Å². The predicted molar refractivity (Wildman–Crippen MR) is 85.5 cm³/mol. The molecule has 0 saturated heterocycles. The molecule has 1 N–H and O–H groups in total. The van der Waals surface area contributed by atoms with Crippen LogP contribution in [0.5, 0.6) is 0 Å². The first-order valence-electron chi connectivity index (χ1n) is 7.56. The van der Waals surface area contributed by atoms with E-state index < -0.39 is 17.9 Å². The van der Waals surface area contributed by atoms with E-state index in [2.05, 4.69) is 0 Å². The summed E-state index contributed by atoms with van der Waals surface area (Å²) >= 11 is 0. The van der Waals surface area contributed by atoms with Crippen molar-refractivity contribution in [2.75, 3.05) is 0 Å². The number of hydrogen-bond donors (Lipinski definition) is 1. The van der Waals surface area contributed by atoms with Gasteiger partial charge in [0.15, 0.2) is 0 Å². The van der Waals surface area contributed by atoms with Gasteiger partial charge >= 0.3 is 5.97 Å². The maximum Gasteiger partial charge on any atom is 0.326 e. The Labute approximate surface area is 132 Å². The Bertz CT molecular complexity index is 851. The van der Waals surface area contributed by atoms with Crippen LogP contribution in [0.1, 0.15) is 30.1 Å². The molecule has 23 heavy (non-hydrogen) atoms. The molecule has 1 unspecified atom stereocenters. The van der Waals surface area contributed by atoms with Crippen LogP contribution in [0.4, 0.5) is 0 Å². The van der Waals surface area contributed by atoms with Gasteiger partial charge in [-0.1, -0.05) is 18.2 Å². The molecule has 1 heterocycles. The van der Waals surface area contributed by atoms with E-state index in [1.807, 2.05) is 0 Å². The molecule has 6 heteroatoms. The summed E-state index contributed by atoms with van der Waals surface area (Å²) in [7, 11) is 1.65. The van der Waals surface area contributed by atoms with Crippen LogP contribution in [0.15, 0.2) is 35.1 Å². The van der Waals surface area contributed by atoms with E-state index in [9.17, 15) is 19.5 Å². The van der Waals surface area contributed by atoms with Gasteiger partial charge in [-0.05, 0) is 25.8 Å². The Morgan fingerprint density at radius 1 is 1.30 bits per heavy atom. The van der Waals surface area contributed by atoms with E-state index >= 15 is 0 Å². The molecule has 1 aromatic heterocycles. The summed E-state index contributed by atoms with van der Waals surface area (Å²) in [6.45, 7) is 1.50. The standard InChI is InChI=1S/C17H18N2O4/c1-10(17(22)23)19(11-7-8-11)16(21)13-9-15(20)18(2)14-6-4-3-5-12(13)14/h3-6,9-11H,7-8H2,1-2H3,(H,22,23). The number of fused-ring (bicyclic) bond motifs is 1. The van der Waals surface area contributed by atoms with Crippen LogP contribution < -0.4 is 5.56 Å². The molecule has 1 aliphatic rings. The van der Waals surface area contributed by atoms with E-state index in [0.29, 0.717) is 10.9 Å². The second kappa shape index (κ2) is 5.53. The number of rotatable bonds is 4. The summed E-state index contributed by atoms with van der Waals surface area (Å²) in [5, 5.41) is 9.93. The summed E-state index contributed by atoms with van der Waals surface area (Å²) in [6, 6.07) is 7.47. The number of para-hydroxylation sites is 1. The number of amides is 1. The second-order valence-electron chi connectivity index (χ2n) is 5.93. The molecule has 0 bridgehead atoms. The lowest BCUT2D eigenvalue weighted by atomic mass is 10.1. The summed E-state index contributed by atoms with van der Waals surface area (Å²) in [4.78, 5) is 37.8. The highest BCUT2D eigenvalue weighted by molar-refractivity contribution is 6.07. The smallest absolute Gasteiger partial charge is 0.326 e. The third-order valence-corrected chi connectivity index (χ3v) is 4.33. The van der Waals surface area contributed by atoms with Crippen molar-refractivity contribution in [1.29, 1.82) is 0 Å². The van der Waals surface area contributed by atoms with Gasteiger partial charge in [-0.15, -0.1) is 0 Å². The lowest BCUT2D eigenvalue weighted by molar-refractivity contribution is -0.141. The fraction of sp³-hybridized carbons (Fsp3) is 0.353. The number of carbonyl (C=O) groups excluding carboxylic acids is 1. The number of pyridine rings is 1. The first kappa shape index (κ1) is 15.3. The molecular weight excluding hydrogens is 296 g/mol. The lowest BCUT2D eigenvalue weighted by Gasteiger charge is -2.27. The number of carboxylic acid groups (broad SMARTS) is 1. The molecule has 1 fully saturated rings. The monoisotopic (exact) mass is 314 g/mol. The predicted octanol–water partition coefficient (Wildman–Crippen LogP) is 1.62. The number of benzene rings is 1. The summed E-state index contributed by atoms with van der Waals surface area (Å²) in [5.41, 5.74) is 0.636. The maximum absolute atomic E-state index is 13.0. The topological polar surface area (TPSA) is 79.6 Å². The van der Waals surface area contributed by atoms with Crippen LogP contribution in [0.25, 0.3) is 10.9 Å². The minimum absolute atomic E-state index is 0.0589. The zero-order valence-electron chi connectivity index (χ0n) is 13.0. The highest BCUT2D eigenvalue weighted by atomic mass is 16.4. The van der Waals surface area contributed by atoms with Crippen molar-refractivity contribution in [3.8, 4) is 0 Å². The largest absolute Gasteiger partial charge is 0.480 e. The number of carbonyl (C=O) groups is 2. The van der Waals surface area contributed by atoms with E-state index in [-0.39, 0.29) is 17.2 Å². The third-order valence-electron chi connectivity index (χ3n) is 4.33. The molecule has 2 aromatic rings. The first-order chi connectivity index (χ1) is 10.9. The summed E-state index contributed by atoms with van der Waals surface area (Å²) < 4.78 is 1.48. The molecule has 1 aromatic carbocycles. The van der Waals surface area contributed by atoms with Crippen molar-refractivity contribution in [2.24, 2.45) is 7.05 Å². The van der Waals surface area contributed by atoms with Gasteiger partial charge in [0, 0.05) is 24.5 Å². The van der Waals surface area contributed by atoms with E-state index in [0.717, 1.165) is 12.8 Å². The summed E-state index contributed by atoms with van der Waals surface area (Å²) in [5.74, 6) is -1.44. The molecule has 0 radical (unpaired) electrons. The quantitative estimate of drug-likeness (QED) is 0.930. The van der Waals surface area contributed by atoms with Crippen LogP contribution in [0, 0.1) is 0 Å². The Morgan fingerprint density at radius 3 is 2.57 bits per heavy atom. The highest BCUT2D eigenvalue weighted by Crippen LogP contribution is 2.31. The molecule has 1 atom stereocenters. The Kier molecular flexibility index (Phi) is 3.67. The van der Waals surface area contributed by atoms with Crippen molar-refractivity contribution in [1.82, 2.24) is 9.47 Å². The Morgan fingerprint density at radius 2 is 1.96 bits per heavy atom. The molecule has 1 aliphatic carbocycles. The molecule has 0 spiro atoms. The number of carboxylic acids is 1. The molecule has 6 nitrogen and oxygen atoms in total. The number of aryl methyl sites for hydroxylation is 1. The molecule has 120 valence electrons. The second-order valence-corrected chi connectivity index (χ2v) is 5.93. The van der Waals surface area contributed by atoms with E-state index in [1.54, 1.807) is 31.3 Å². The maximum atomic E-state index is 13.0. The zero-order chi connectivity index (χ0) is 16.7. The van der Waals surface area contributed by atoms with Crippen molar-refractivity contribution in [2.45, 2.75) is 31.8 Å². The van der Waals surface area contributed by atoms with Crippen molar-refractivity contribution in [3.05, 3.63) is 46.2 Å². The van der Waals surface area contributed by atoms with Gasteiger partial charge in [0.2, 0.25) is 0 Å². The van der Waals surface area contributed by atoms with Crippen LogP contribution in [0.2, 0.25) is 0 Å². The third kappa shape index (κ3) is 2.60. The number of aliphatic carboxylic acids is 1. The Balaban J connectivity index is 2.15. The van der Waals surface area contributed by atoms with E-state index in [1.165, 1.54) is 22.5 Å². The summed E-state index contributed by atoms with van der Waals surface area (Å²) in [6.07, 6.45) is 1.60. The highest BCUT2D eigenvalue weighted by Gasteiger charge is 2.39. The van der Waals surface area contributed by atoms with E-state index in [4.69, 9.17) is 0 Å². The first-order valence-corrected chi connectivity index (χ1v) is 7.56. The van der Waals surface area contributed by atoms with Gasteiger partial charge in [-0.2, -0.15) is 0 Å². The molecular formula is C17H18N2O4. The minimum atomic E-state index is -1.04. The average molecular weight is 314 g/mol. The SMILES string of the molecule is CC(C(=O)O)N(C(=O)c1cc(=O)n(C)c2ccccc12)C1CC1. The number of hydrogen-bond acceptors (Lipinski definition) is 3. The average Bonchev–Trinajstić information content (AvgIpc) is 3.35. The normalized spacial score (nSPS) is 15.4. The fourth-order valence-corrected chi connectivity index (χ4v) is 2.86. The van der Waals surface area contributed by atoms with Crippen LogP contribution in [0.3, 0.4) is 0 Å². The van der Waals surface area contributed by atoms with Gasteiger partial charge in [0.05, 0.1) is 11.1 Å². The number of aromatic nitrogens is 1. The minimum Gasteiger partial charge on any atom is -0.480 e. The zero-order valence-corrected chi connectivity index (χ0v) is 13.0. The van der Waals surface area contributed by atoms with Gasteiger partial charge in [0.25, 0.3) is 11.5 Å². The molecule has 1 saturated carbocycles. The molecule has 0 aliphatic heterocycles. The van der Waals surface area contributed by atoms with Crippen molar-refractivity contribution >= 4 is 22.8 Å². The van der Waals surface area contributed by atoms with Crippen LogP contribution >= 0.6 is 0 Å². The van der Waals surface area contributed by atoms with Crippen LogP contribution in [-0.2, 0) is 11.8 Å². The van der Waals surface area contributed by atoms with Crippen molar-refractivity contribution in [3.63, 3.8) is 0 Å². The van der Waals surface area contributed by atoms with Gasteiger partial charge in [-0.25, -0.2) is 4.79 Å². The van der Waals surface area contributed by atoms with Gasteiger partial charge in [-0.3, -0.25) is 9.59 Å². The number of nitrogens with zero attached hydrogens (tertiary/aromatic N) is 2. The Hall–Kier alpha value is -2.63. The molecule has 1 amide bonds. The van der Waals surface area contributed by atoms with Gasteiger partial charge in [0.1, 0.15) is 6.04 Å².